The zero-order chi connectivity index (χ0) is 15.5. The van der Waals surface area contributed by atoms with Crippen LogP contribution in [0.1, 0.15) is 25.0 Å². The molecule has 0 aliphatic carbocycles. The summed E-state index contributed by atoms with van der Waals surface area (Å²) in [6.45, 7) is 4.20. The lowest BCUT2D eigenvalue weighted by Gasteiger charge is -2.28. The number of hydrogen-bond acceptors (Lipinski definition) is 2. The Morgan fingerprint density at radius 2 is 1.86 bits per heavy atom. The Kier molecular flexibility index (Phi) is 4.34. The fraction of sp³-hybridized carbons (Fsp3) is 0.211. The van der Waals surface area contributed by atoms with Gasteiger partial charge in [-0.1, -0.05) is 54.2 Å². The zero-order valence-corrected chi connectivity index (χ0v) is 14.0. The number of rotatable bonds is 2. The molecule has 22 heavy (non-hydrogen) atoms. The van der Waals surface area contributed by atoms with Gasteiger partial charge in [-0.2, -0.15) is 0 Å². The van der Waals surface area contributed by atoms with E-state index in [2.05, 4.69) is 74.3 Å². The number of allylic oxidation sites excluding steroid dienone is 2. The third-order valence-corrected chi connectivity index (χ3v) is 5.05. The van der Waals surface area contributed by atoms with Crippen molar-refractivity contribution in [2.45, 2.75) is 19.6 Å². The Balaban J connectivity index is 2.01. The molecule has 1 aliphatic heterocycles. The van der Waals surface area contributed by atoms with Crippen molar-refractivity contribution in [1.29, 1.82) is 0 Å². The molecule has 2 aromatic carbocycles. The maximum atomic E-state index is 4.93. The smallest absolute Gasteiger partial charge is 0.168 e. The standard InChI is InChI=1S/C19H20N2S/c1-4-14(2)16-10-6-7-11-17(16)20-19-21(3)18-12-8-5-9-15(18)13-22-19/h4-12H,13H2,1-3H3/b14-4-,20-19?. The highest BCUT2D eigenvalue weighted by molar-refractivity contribution is 8.13. The number of anilines is 1. The Labute approximate surface area is 136 Å². The molecule has 0 radical (unpaired) electrons. The van der Waals surface area contributed by atoms with Crippen molar-refractivity contribution in [3.8, 4) is 0 Å². The van der Waals surface area contributed by atoms with Crippen LogP contribution in [0.5, 0.6) is 0 Å². The zero-order valence-electron chi connectivity index (χ0n) is 13.2. The van der Waals surface area contributed by atoms with Crippen LogP contribution in [-0.4, -0.2) is 12.2 Å². The second-order valence-corrected chi connectivity index (χ2v) is 6.30. The van der Waals surface area contributed by atoms with Crippen LogP contribution in [-0.2, 0) is 5.75 Å². The molecule has 0 aromatic heterocycles. The lowest BCUT2D eigenvalue weighted by Crippen LogP contribution is -2.27. The maximum Gasteiger partial charge on any atom is 0.168 e. The van der Waals surface area contributed by atoms with Crippen molar-refractivity contribution < 1.29 is 0 Å². The van der Waals surface area contributed by atoms with Crippen LogP contribution in [0.3, 0.4) is 0 Å². The molecule has 0 spiro atoms. The summed E-state index contributed by atoms with van der Waals surface area (Å²) < 4.78 is 0. The van der Waals surface area contributed by atoms with E-state index in [9.17, 15) is 0 Å². The molecule has 112 valence electrons. The Morgan fingerprint density at radius 3 is 2.68 bits per heavy atom. The molecule has 0 N–H and O–H groups in total. The van der Waals surface area contributed by atoms with Crippen LogP contribution in [0.15, 0.2) is 59.6 Å². The Hall–Kier alpha value is -2.00. The van der Waals surface area contributed by atoms with E-state index in [0.29, 0.717) is 0 Å². The van der Waals surface area contributed by atoms with E-state index in [1.807, 2.05) is 6.07 Å². The average molecular weight is 308 g/mol. The molecule has 0 saturated carbocycles. The minimum absolute atomic E-state index is 0.976. The molecule has 3 rings (SSSR count). The van der Waals surface area contributed by atoms with Crippen molar-refractivity contribution in [3.05, 3.63) is 65.7 Å². The average Bonchev–Trinajstić information content (AvgIpc) is 2.57. The molecule has 3 heteroatoms. The molecule has 0 bridgehead atoms. The molecule has 1 heterocycles. The summed E-state index contributed by atoms with van der Waals surface area (Å²) in [6, 6.07) is 16.9. The summed E-state index contributed by atoms with van der Waals surface area (Å²) in [4.78, 5) is 7.12. The van der Waals surface area contributed by atoms with Gasteiger partial charge in [0.15, 0.2) is 5.17 Å². The van der Waals surface area contributed by atoms with Crippen molar-refractivity contribution in [2.75, 3.05) is 11.9 Å². The normalized spacial score (nSPS) is 16.8. The number of hydrogen-bond donors (Lipinski definition) is 0. The summed E-state index contributed by atoms with van der Waals surface area (Å²) in [7, 11) is 2.09. The molecule has 0 atom stereocenters. The quantitative estimate of drug-likeness (QED) is 0.730. The van der Waals surface area contributed by atoms with Crippen molar-refractivity contribution in [3.63, 3.8) is 0 Å². The number of benzene rings is 2. The fourth-order valence-corrected chi connectivity index (χ4v) is 3.56. The van der Waals surface area contributed by atoms with E-state index in [1.165, 1.54) is 22.4 Å². The highest BCUT2D eigenvalue weighted by atomic mass is 32.2. The predicted octanol–water partition coefficient (Wildman–Crippen LogP) is 5.48. The molecule has 1 aliphatic rings. The van der Waals surface area contributed by atoms with Crippen LogP contribution in [0.2, 0.25) is 0 Å². The predicted molar refractivity (Wildman–Crippen MR) is 99.0 cm³/mol. The monoisotopic (exact) mass is 308 g/mol. The van der Waals surface area contributed by atoms with Gasteiger partial charge in [-0.25, -0.2) is 4.99 Å². The summed E-state index contributed by atoms with van der Waals surface area (Å²) in [6.07, 6.45) is 2.13. The number of aliphatic imine (C=N–C) groups is 1. The second kappa shape index (κ2) is 6.41. The molecule has 0 saturated heterocycles. The lowest BCUT2D eigenvalue weighted by molar-refractivity contribution is 1.21. The molecule has 2 nitrogen and oxygen atoms in total. The lowest BCUT2D eigenvalue weighted by atomic mass is 10.1. The topological polar surface area (TPSA) is 15.6 Å². The molecular formula is C19H20N2S. The van der Waals surface area contributed by atoms with E-state index in [4.69, 9.17) is 4.99 Å². The molecule has 0 unspecified atom stereocenters. The van der Waals surface area contributed by atoms with Gasteiger partial charge in [0.05, 0.1) is 5.69 Å². The van der Waals surface area contributed by atoms with E-state index in [0.717, 1.165) is 16.6 Å². The van der Waals surface area contributed by atoms with Crippen LogP contribution in [0.25, 0.3) is 5.57 Å². The van der Waals surface area contributed by atoms with Gasteiger partial charge in [0, 0.05) is 24.1 Å². The van der Waals surface area contributed by atoms with Gasteiger partial charge in [0.1, 0.15) is 0 Å². The van der Waals surface area contributed by atoms with Crippen LogP contribution >= 0.6 is 11.8 Å². The number of para-hydroxylation sites is 2. The summed E-state index contributed by atoms with van der Waals surface area (Å²) >= 11 is 1.79. The van der Waals surface area contributed by atoms with Crippen molar-refractivity contribution >= 4 is 33.9 Å². The number of fused-ring (bicyclic) bond motifs is 1. The molecule has 0 fully saturated rings. The third-order valence-electron chi connectivity index (χ3n) is 3.97. The minimum atomic E-state index is 0.976. The van der Waals surface area contributed by atoms with E-state index in [1.54, 1.807) is 11.8 Å². The van der Waals surface area contributed by atoms with Crippen LogP contribution in [0.4, 0.5) is 11.4 Å². The summed E-state index contributed by atoms with van der Waals surface area (Å²) in [5, 5.41) is 1.05. The highest BCUT2D eigenvalue weighted by Crippen LogP contribution is 2.35. The SMILES string of the molecule is C/C=C(/C)c1ccccc1N=C1SCc2ccccc2N1C. The van der Waals surface area contributed by atoms with Crippen molar-refractivity contribution in [1.82, 2.24) is 0 Å². The van der Waals surface area contributed by atoms with Crippen LogP contribution < -0.4 is 4.90 Å². The molecular weight excluding hydrogens is 288 g/mol. The number of thioether (sulfide) groups is 1. The molecule has 2 aromatic rings. The maximum absolute atomic E-state index is 4.93. The van der Waals surface area contributed by atoms with Gasteiger partial charge in [0.2, 0.25) is 0 Å². The first-order valence-corrected chi connectivity index (χ1v) is 8.44. The fourth-order valence-electron chi connectivity index (χ4n) is 2.57. The van der Waals surface area contributed by atoms with Gasteiger partial charge in [0.25, 0.3) is 0 Å². The molecule has 0 amide bonds. The number of nitrogens with zero attached hydrogens (tertiary/aromatic N) is 2. The first-order chi connectivity index (χ1) is 10.7. The van der Waals surface area contributed by atoms with Gasteiger partial charge < -0.3 is 4.90 Å². The third kappa shape index (κ3) is 2.81. The van der Waals surface area contributed by atoms with E-state index in [-0.39, 0.29) is 0 Å². The minimum Gasteiger partial charge on any atom is -0.324 e. The largest absolute Gasteiger partial charge is 0.324 e. The van der Waals surface area contributed by atoms with Gasteiger partial charge in [-0.3, -0.25) is 0 Å². The Bertz CT molecular complexity index is 747. The van der Waals surface area contributed by atoms with Gasteiger partial charge in [-0.05, 0) is 37.1 Å². The first-order valence-electron chi connectivity index (χ1n) is 7.46. The summed E-state index contributed by atoms with van der Waals surface area (Å²) in [5.74, 6) is 0.976. The second-order valence-electron chi connectivity index (χ2n) is 5.36. The van der Waals surface area contributed by atoms with Gasteiger partial charge in [-0.15, -0.1) is 0 Å². The van der Waals surface area contributed by atoms with Gasteiger partial charge >= 0.3 is 0 Å². The number of amidine groups is 1. The highest BCUT2D eigenvalue weighted by Gasteiger charge is 2.19. The van der Waals surface area contributed by atoms with E-state index < -0.39 is 0 Å². The first kappa shape index (κ1) is 14.9. The van der Waals surface area contributed by atoms with E-state index >= 15 is 0 Å². The summed E-state index contributed by atoms with van der Waals surface area (Å²) in [5.41, 5.74) is 6.10. The van der Waals surface area contributed by atoms with Crippen molar-refractivity contribution in [2.24, 2.45) is 4.99 Å². The van der Waals surface area contributed by atoms with Crippen LogP contribution in [0, 0.1) is 0 Å². The Morgan fingerprint density at radius 1 is 1.14 bits per heavy atom.